The van der Waals surface area contributed by atoms with Crippen LogP contribution >= 0.6 is 12.6 Å². The first-order chi connectivity index (χ1) is 16.0. The largest absolute Gasteiger partial charge is 0.480 e. The van der Waals surface area contributed by atoms with Crippen molar-refractivity contribution in [3.05, 3.63) is 18.2 Å². The third kappa shape index (κ3) is 10.8. The van der Waals surface area contributed by atoms with E-state index in [1.165, 1.54) is 19.4 Å². The number of carboxylic acids is 1. The van der Waals surface area contributed by atoms with E-state index in [9.17, 15) is 33.9 Å². The maximum atomic E-state index is 12.2. The van der Waals surface area contributed by atoms with Gasteiger partial charge in [-0.05, 0) is 6.92 Å². The van der Waals surface area contributed by atoms with Crippen LogP contribution < -0.4 is 32.3 Å². The number of nitrogens with one attached hydrogen (secondary N) is 6. The SMILES string of the molecule is C[C@H](N)C(=O)NCC(=O)NCC(=O)N[C@@H](CS)C(=O)NCC(=O)N[C@@H](Cc1cnc[nH]1)C(=O)O. The summed E-state index contributed by atoms with van der Waals surface area (Å²) in [5.74, 6) is -4.78. The Balaban J connectivity index is 2.41. The molecule has 0 aliphatic rings. The molecule has 0 spiro atoms. The van der Waals surface area contributed by atoms with E-state index in [4.69, 9.17) is 5.73 Å². The van der Waals surface area contributed by atoms with E-state index < -0.39 is 66.7 Å². The maximum Gasteiger partial charge on any atom is 0.326 e. The number of thiol groups is 1. The number of carboxylic acid groups (broad SMARTS) is 1. The average molecular weight is 501 g/mol. The van der Waals surface area contributed by atoms with Crippen molar-refractivity contribution in [2.75, 3.05) is 25.4 Å². The van der Waals surface area contributed by atoms with E-state index in [0.29, 0.717) is 5.69 Å². The number of aromatic amines is 1. The molecule has 0 aromatic carbocycles. The Labute approximate surface area is 199 Å². The van der Waals surface area contributed by atoms with Gasteiger partial charge in [0.15, 0.2) is 0 Å². The van der Waals surface area contributed by atoms with Crippen LogP contribution in [-0.4, -0.2) is 94.1 Å². The zero-order valence-corrected chi connectivity index (χ0v) is 19.2. The molecule has 0 unspecified atom stereocenters. The summed E-state index contributed by atoms with van der Waals surface area (Å²) < 4.78 is 0. The number of aliphatic carboxylic acids is 1. The number of hydrogen-bond acceptors (Lipinski definition) is 9. The van der Waals surface area contributed by atoms with Crippen LogP contribution in [0.2, 0.25) is 0 Å². The lowest BCUT2D eigenvalue weighted by molar-refractivity contribution is -0.141. The maximum absolute atomic E-state index is 12.2. The Hall–Kier alpha value is -3.66. The number of rotatable bonds is 14. The molecular formula is C18H28N8O7S. The van der Waals surface area contributed by atoms with Crippen LogP contribution in [0.4, 0.5) is 0 Å². The summed E-state index contributed by atoms with van der Waals surface area (Å²) in [4.78, 5) is 77.0. The third-order valence-electron chi connectivity index (χ3n) is 4.15. The molecule has 0 radical (unpaired) electrons. The lowest BCUT2D eigenvalue weighted by atomic mass is 10.1. The molecule has 0 saturated carbocycles. The topological polar surface area (TPSA) is 237 Å². The first kappa shape index (κ1) is 28.4. The highest BCUT2D eigenvalue weighted by atomic mass is 32.1. The van der Waals surface area contributed by atoms with Gasteiger partial charge in [-0.25, -0.2) is 9.78 Å². The standard InChI is InChI=1S/C18H28N8O7S/c1-9(19)16(30)22-4-13(27)21-5-14(28)26-12(7-34)17(31)23-6-15(29)25-11(18(32)33)2-10-3-20-8-24-10/h3,8-9,11-12,34H,2,4-7,19H2,1H3,(H,20,24)(H,21,27)(H,22,30)(H,23,31)(H,25,29)(H,26,28)(H,32,33)/t9-,11-,12-/m0/s1. The number of nitrogens with zero attached hydrogens (tertiary/aromatic N) is 1. The van der Waals surface area contributed by atoms with Crippen molar-refractivity contribution in [3.63, 3.8) is 0 Å². The minimum Gasteiger partial charge on any atom is -0.480 e. The monoisotopic (exact) mass is 500 g/mol. The van der Waals surface area contributed by atoms with Gasteiger partial charge in [-0.1, -0.05) is 0 Å². The van der Waals surface area contributed by atoms with Gasteiger partial charge in [-0.15, -0.1) is 0 Å². The summed E-state index contributed by atoms with van der Waals surface area (Å²) in [7, 11) is 0. The van der Waals surface area contributed by atoms with Crippen molar-refractivity contribution >= 4 is 48.1 Å². The first-order valence-electron chi connectivity index (χ1n) is 10.0. The second-order valence-corrected chi connectivity index (χ2v) is 7.41. The van der Waals surface area contributed by atoms with E-state index in [0.717, 1.165) is 0 Å². The Morgan fingerprint density at radius 2 is 1.53 bits per heavy atom. The number of carbonyl (C=O) groups excluding carboxylic acids is 5. The predicted octanol–water partition coefficient (Wildman–Crippen LogP) is -4.37. The number of hydrogen-bond donors (Lipinski definition) is 9. The highest BCUT2D eigenvalue weighted by Crippen LogP contribution is 1.99. The minimum absolute atomic E-state index is 0.0367. The Kier molecular flexibility index (Phi) is 12.1. The van der Waals surface area contributed by atoms with Gasteiger partial charge in [0, 0.05) is 24.1 Å². The van der Waals surface area contributed by atoms with E-state index in [1.807, 2.05) is 0 Å². The smallest absolute Gasteiger partial charge is 0.326 e. The molecule has 1 rings (SSSR count). The number of nitrogens with two attached hydrogens (primary N) is 1. The van der Waals surface area contributed by atoms with Crippen LogP contribution in [0.1, 0.15) is 12.6 Å². The number of imidazole rings is 1. The zero-order chi connectivity index (χ0) is 25.7. The molecule has 34 heavy (non-hydrogen) atoms. The van der Waals surface area contributed by atoms with Gasteiger partial charge in [0.2, 0.25) is 29.5 Å². The Morgan fingerprint density at radius 3 is 2.06 bits per heavy atom. The van der Waals surface area contributed by atoms with Crippen LogP contribution in [0.15, 0.2) is 12.5 Å². The summed E-state index contributed by atoms with van der Waals surface area (Å²) in [6.07, 6.45) is 2.75. The molecule has 3 atom stereocenters. The van der Waals surface area contributed by atoms with Gasteiger partial charge in [0.25, 0.3) is 0 Å². The molecule has 0 aliphatic heterocycles. The molecule has 0 saturated heterocycles. The van der Waals surface area contributed by atoms with Gasteiger partial charge in [-0.2, -0.15) is 12.6 Å². The molecule has 0 bridgehead atoms. The van der Waals surface area contributed by atoms with Crippen LogP contribution in [0.25, 0.3) is 0 Å². The van der Waals surface area contributed by atoms with E-state index in [1.54, 1.807) is 0 Å². The van der Waals surface area contributed by atoms with Crippen molar-refractivity contribution in [3.8, 4) is 0 Å². The van der Waals surface area contributed by atoms with Crippen molar-refractivity contribution < 1.29 is 33.9 Å². The molecule has 1 aromatic rings. The third-order valence-corrected chi connectivity index (χ3v) is 4.52. The Bertz CT molecular complexity index is 878. The molecule has 0 aliphatic carbocycles. The van der Waals surface area contributed by atoms with Crippen LogP contribution in [0.5, 0.6) is 0 Å². The van der Waals surface area contributed by atoms with Crippen molar-refractivity contribution in [2.45, 2.75) is 31.5 Å². The van der Waals surface area contributed by atoms with Crippen molar-refractivity contribution in [1.82, 2.24) is 36.6 Å². The van der Waals surface area contributed by atoms with Gasteiger partial charge < -0.3 is 42.4 Å². The lowest BCUT2D eigenvalue weighted by Gasteiger charge is -2.18. The van der Waals surface area contributed by atoms with Crippen LogP contribution in [0, 0.1) is 0 Å². The second-order valence-electron chi connectivity index (χ2n) is 7.04. The number of carbonyl (C=O) groups is 6. The van der Waals surface area contributed by atoms with Crippen molar-refractivity contribution in [2.24, 2.45) is 5.73 Å². The van der Waals surface area contributed by atoms with Gasteiger partial charge in [0.05, 0.1) is 32.0 Å². The zero-order valence-electron chi connectivity index (χ0n) is 18.3. The molecule has 188 valence electrons. The fourth-order valence-corrected chi connectivity index (χ4v) is 2.62. The van der Waals surface area contributed by atoms with Gasteiger partial charge in [0.1, 0.15) is 12.1 Å². The molecule has 5 amide bonds. The van der Waals surface area contributed by atoms with Crippen molar-refractivity contribution in [1.29, 1.82) is 0 Å². The molecule has 15 nitrogen and oxygen atoms in total. The van der Waals surface area contributed by atoms with Gasteiger partial charge >= 0.3 is 5.97 Å². The summed E-state index contributed by atoms with van der Waals surface area (Å²) in [6, 6.07) is -3.16. The highest BCUT2D eigenvalue weighted by Gasteiger charge is 2.23. The van der Waals surface area contributed by atoms with E-state index >= 15 is 0 Å². The normalized spacial score (nSPS) is 13.0. The molecular weight excluding hydrogens is 472 g/mol. The number of amides is 5. The average Bonchev–Trinajstić information content (AvgIpc) is 3.30. The molecule has 0 fully saturated rings. The number of H-pyrrole nitrogens is 1. The fourth-order valence-electron chi connectivity index (χ4n) is 2.36. The van der Waals surface area contributed by atoms with Crippen LogP contribution in [0.3, 0.4) is 0 Å². The summed E-state index contributed by atoms with van der Waals surface area (Å²) in [5, 5.41) is 20.7. The van der Waals surface area contributed by atoms with E-state index in [2.05, 4.69) is 49.2 Å². The molecule has 1 heterocycles. The van der Waals surface area contributed by atoms with E-state index in [-0.39, 0.29) is 18.7 Å². The molecule has 9 N–H and O–H groups in total. The summed E-state index contributed by atoms with van der Waals surface area (Å²) in [5.41, 5.74) is 5.84. The Morgan fingerprint density at radius 1 is 0.971 bits per heavy atom. The van der Waals surface area contributed by atoms with Gasteiger partial charge in [-0.3, -0.25) is 24.0 Å². The first-order valence-corrected chi connectivity index (χ1v) is 10.6. The highest BCUT2D eigenvalue weighted by molar-refractivity contribution is 7.80. The van der Waals surface area contributed by atoms with Crippen LogP contribution in [-0.2, 0) is 35.2 Å². The fraction of sp³-hybridized carbons (Fsp3) is 0.500. The predicted molar refractivity (Wildman–Crippen MR) is 120 cm³/mol. The summed E-state index contributed by atoms with van der Waals surface area (Å²) in [6.45, 7) is 0.0517. The minimum atomic E-state index is -1.27. The molecule has 16 heteroatoms. The quantitative estimate of drug-likeness (QED) is 0.112. The lowest BCUT2D eigenvalue weighted by Crippen LogP contribution is -2.53. The molecule has 1 aromatic heterocycles. The summed E-state index contributed by atoms with van der Waals surface area (Å²) >= 11 is 3.98. The number of aromatic nitrogens is 2. The second kappa shape index (κ2) is 14.5.